The summed E-state index contributed by atoms with van der Waals surface area (Å²) in [5.41, 5.74) is 9.37. The van der Waals surface area contributed by atoms with Crippen LogP contribution < -0.4 is 15.8 Å². The van der Waals surface area contributed by atoms with Crippen LogP contribution in [0.25, 0.3) is 22.0 Å². The Morgan fingerprint density at radius 2 is 1.73 bits per heavy atom. The number of rotatable bonds is 6. The van der Waals surface area contributed by atoms with Gasteiger partial charge in [-0.1, -0.05) is 31.0 Å². The Kier molecular flexibility index (Phi) is 4.99. The number of hydrogen-bond donors (Lipinski definition) is 2. The molecule has 0 atom stereocenters. The molecule has 5 rings (SSSR count). The summed E-state index contributed by atoms with van der Waals surface area (Å²) in [6.07, 6.45) is 6.99. The first-order valence-corrected chi connectivity index (χ1v) is 10.8. The highest BCUT2D eigenvalue weighted by molar-refractivity contribution is 5.95. The number of fused-ring (bicyclic) bond motifs is 1. The minimum atomic E-state index is 0.00611. The number of aromatic nitrogens is 2. The van der Waals surface area contributed by atoms with Crippen LogP contribution in [0.3, 0.4) is 0 Å². The molecule has 0 aliphatic heterocycles. The van der Waals surface area contributed by atoms with Gasteiger partial charge in [-0.3, -0.25) is 4.79 Å². The molecule has 0 bridgehead atoms. The van der Waals surface area contributed by atoms with E-state index in [1.54, 1.807) is 0 Å². The van der Waals surface area contributed by atoms with E-state index in [0.717, 1.165) is 34.9 Å². The van der Waals surface area contributed by atoms with Crippen LogP contribution in [0.15, 0.2) is 42.5 Å². The maximum atomic E-state index is 12.5. The number of amides is 1. The second kappa shape index (κ2) is 7.94. The summed E-state index contributed by atoms with van der Waals surface area (Å²) in [6.45, 7) is 0.667. The summed E-state index contributed by atoms with van der Waals surface area (Å²) >= 11 is 0. The number of carbonyl (C=O) groups is 1. The van der Waals surface area contributed by atoms with Crippen molar-refractivity contribution in [3.8, 4) is 17.0 Å². The molecule has 154 valence electrons. The first-order valence-electron chi connectivity index (χ1n) is 10.8. The molecule has 1 heterocycles. The summed E-state index contributed by atoms with van der Waals surface area (Å²) in [6, 6.07) is 14.0. The van der Waals surface area contributed by atoms with Crippen LogP contribution in [0.5, 0.6) is 5.88 Å². The van der Waals surface area contributed by atoms with Crippen LogP contribution in [-0.4, -0.2) is 28.5 Å². The van der Waals surface area contributed by atoms with Gasteiger partial charge in [0.1, 0.15) is 0 Å². The molecule has 0 radical (unpaired) electrons. The molecule has 3 N–H and O–H groups in total. The highest BCUT2D eigenvalue weighted by Gasteiger charge is 2.23. The summed E-state index contributed by atoms with van der Waals surface area (Å²) in [5.74, 6) is 1.39. The molecule has 2 fully saturated rings. The van der Waals surface area contributed by atoms with Crippen molar-refractivity contribution < 1.29 is 9.53 Å². The van der Waals surface area contributed by atoms with E-state index in [1.165, 1.54) is 25.7 Å². The van der Waals surface area contributed by atoms with Gasteiger partial charge in [0.25, 0.3) is 5.91 Å². The summed E-state index contributed by atoms with van der Waals surface area (Å²) in [7, 11) is 0. The minimum Gasteiger partial charge on any atom is -0.477 e. The fourth-order valence-electron chi connectivity index (χ4n) is 4.04. The van der Waals surface area contributed by atoms with Crippen molar-refractivity contribution in [1.82, 2.24) is 15.3 Å². The van der Waals surface area contributed by atoms with Crippen molar-refractivity contribution in [2.75, 3.05) is 12.3 Å². The zero-order chi connectivity index (χ0) is 20.5. The normalized spacial score (nSPS) is 16.7. The molecule has 1 aromatic heterocycles. The van der Waals surface area contributed by atoms with Gasteiger partial charge in [0, 0.05) is 11.6 Å². The lowest BCUT2D eigenvalue weighted by molar-refractivity contribution is 0.0938. The highest BCUT2D eigenvalue weighted by atomic mass is 16.5. The molecule has 0 spiro atoms. The van der Waals surface area contributed by atoms with Gasteiger partial charge in [0.15, 0.2) is 0 Å². The van der Waals surface area contributed by atoms with Crippen molar-refractivity contribution in [2.24, 2.45) is 5.92 Å². The summed E-state index contributed by atoms with van der Waals surface area (Å²) in [5, 5.41) is 3.99. The molecule has 2 aliphatic carbocycles. The van der Waals surface area contributed by atoms with E-state index in [0.29, 0.717) is 30.0 Å². The maximum absolute atomic E-state index is 12.5. The van der Waals surface area contributed by atoms with E-state index in [-0.39, 0.29) is 11.9 Å². The molecular weight excluding hydrogens is 376 g/mol. The lowest BCUT2D eigenvalue weighted by Gasteiger charge is -2.12. The number of ether oxygens (including phenoxy) is 1. The van der Waals surface area contributed by atoms with Crippen LogP contribution in [-0.2, 0) is 0 Å². The topological polar surface area (TPSA) is 90.1 Å². The van der Waals surface area contributed by atoms with Crippen LogP contribution in [0.1, 0.15) is 48.9 Å². The molecule has 2 aliphatic rings. The lowest BCUT2D eigenvalue weighted by atomic mass is 10.0. The van der Waals surface area contributed by atoms with Crippen molar-refractivity contribution in [1.29, 1.82) is 0 Å². The van der Waals surface area contributed by atoms with E-state index in [4.69, 9.17) is 10.5 Å². The van der Waals surface area contributed by atoms with Crippen molar-refractivity contribution in [3.05, 3.63) is 48.0 Å². The van der Waals surface area contributed by atoms with Gasteiger partial charge in [-0.2, -0.15) is 4.98 Å². The quantitative estimate of drug-likeness (QED) is 0.640. The largest absolute Gasteiger partial charge is 0.477 e. The molecule has 30 heavy (non-hydrogen) atoms. The third-order valence-electron chi connectivity index (χ3n) is 6.00. The van der Waals surface area contributed by atoms with Gasteiger partial charge in [-0.15, -0.1) is 0 Å². The van der Waals surface area contributed by atoms with E-state index in [2.05, 4.69) is 15.3 Å². The molecule has 0 saturated heterocycles. The predicted molar refractivity (Wildman–Crippen MR) is 117 cm³/mol. The molecule has 6 nitrogen and oxygen atoms in total. The van der Waals surface area contributed by atoms with E-state index >= 15 is 0 Å². The average Bonchev–Trinajstić information content (AvgIpc) is 3.46. The number of nitrogens with two attached hydrogens (primary N) is 1. The molecule has 0 unspecified atom stereocenters. The van der Waals surface area contributed by atoms with E-state index in [1.807, 2.05) is 42.5 Å². The number of nitrogens with one attached hydrogen (secondary N) is 1. The highest BCUT2D eigenvalue weighted by Crippen LogP contribution is 2.33. The number of hydrogen-bond acceptors (Lipinski definition) is 5. The first kappa shape index (κ1) is 18.9. The second-order valence-corrected chi connectivity index (χ2v) is 8.41. The Balaban J connectivity index is 1.38. The summed E-state index contributed by atoms with van der Waals surface area (Å²) in [4.78, 5) is 21.1. The Hall–Kier alpha value is -3.15. The fraction of sp³-hybridized carbons (Fsp3) is 0.375. The van der Waals surface area contributed by atoms with Gasteiger partial charge in [-0.05, 0) is 67.0 Å². The molecule has 3 aromatic rings. The maximum Gasteiger partial charge on any atom is 0.251 e. The van der Waals surface area contributed by atoms with Gasteiger partial charge < -0.3 is 15.8 Å². The SMILES string of the molecule is Nc1nc(OCC2CC2)c2cc(-c3ccc(C(=O)NC4CCCC4)cc3)ccc2n1. The average molecular weight is 402 g/mol. The first-order chi connectivity index (χ1) is 14.7. The number of anilines is 1. The molecule has 1 amide bonds. The number of carbonyl (C=O) groups excluding carboxylic acids is 1. The van der Waals surface area contributed by atoms with Crippen molar-refractivity contribution in [2.45, 2.75) is 44.6 Å². The smallest absolute Gasteiger partial charge is 0.251 e. The Morgan fingerprint density at radius 3 is 2.47 bits per heavy atom. The third-order valence-corrected chi connectivity index (χ3v) is 6.00. The fourth-order valence-corrected chi connectivity index (χ4v) is 4.04. The Bertz CT molecular complexity index is 1070. The summed E-state index contributed by atoms with van der Waals surface area (Å²) < 4.78 is 5.94. The van der Waals surface area contributed by atoms with Crippen LogP contribution >= 0.6 is 0 Å². The van der Waals surface area contributed by atoms with Crippen LogP contribution in [0, 0.1) is 5.92 Å². The molecular formula is C24H26N4O2. The molecule has 2 aromatic carbocycles. The zero-order valence-electron chi connectivity index (χ0n) is 16.9. The Labute approximate surface area is 175 Å². The zero-order valence-corrected chi connectivity index (χ0v) is 16.9. The monoisotopic (exact) mass is 402 g/mol. The van der Waals surface area contributed by atoms with Crippen molar-refractivity contribution in [3.63, 3.8) is 0 Å². The number of nitrogens with zero attached hydrogens (tertiary/aromatic N) is 2. The number of nitrogen functional groups attached to an aromatic ring is 1. The van der Waals surface area contributed by atoms with Gasteiger partial charge in [0.2, 0.25) is 11.8 Å². The van der Waals surface area contributed by atoms with Gasteiger partial charge in [-0.25, -0.2) is 4.98 Å². The predicted octanol–water partition coefficient (Wildman–Crippen LogP) is 4.34. The van der Waals surface area contributed by atoms with Crippen molar-refractivity contribution >= 4 is 22.8 Å². The van der Waals surface area contributed by atoms with E-state index in [9.17, 15) is 4.79 Å². The Morgan fingerprint density at radius 1 is 1.00 bits per heavy atom. The standard InChI is InChI=1S/C24H26N4O2/c25-24-27-21-12-11-18(13-20(21)23(28-24)30-14-15-5-6-15)16-7-9-17(10-8-16)22(29)26-19-3-1-2-4-19/h7-13,15,19H,1-6,14H2,(H,26,29)(H2,25,27,28). The molecule has 6 heteroatoms. The van der Waals surface area contributed by atoms with E-state index < -0.39 is 0 Å². The number of benzene rings is 2. The van der Waals surface area contributed by atoms with Crippen LogP contribution in [0.4, 0.5) is 5.95 Å². The molecule has 2 saturated carbocycles. The second-order valence-electron chi connectivity index (χ2n) is 8.41. The van der Waals surface area contributed by atoms with Gasteiger partial charge in [0.05, 0.1) is 17.5 Å². The minimum absolute atomic E-state index is 0.00611. The lowest BCUT2D eigenvalue weighted by Crippen LogP contribution is -2.32. The third kappa shape index (κ3) is 4.08. The van der Waals surface area contributed by atoms with Crippen LogP contribution in [0.2, 0.25) is 0 Å². The van der Waals surface area contributed by atoms with Gasteiger partial charge >= 0.3 is 0 Å².